The standard InChI is InChI=1S/C12H14N2OS2/c1-9-7-17-12(14-9)6-13-11(15)3-2-10-4-5-16-8-10/h4-5,7-8H,2-3,6H2,1H3,(H,13,15). The molecular weight excluding hydrogens is 252 g/mol. The zero-order chi connectivity index (χ0) is 12.1. The molecule has 0 unspecified atom stereocenters. The molecule has 0 spiro atoms. The molecule has 0 fully saturated rings. The van der Waals surface area contributed by atoms with Gasteiger partial charge in [0.1, 0.15) is 5.01 Å². The summed E-state index contributed by atoms with van der Waals surface area (Å²) in [6, 6.07) is 2.06. The van der Waals surface area contributed by atoms with Gasteiger partial charge in [0, 0.05) is 17.5 Å². The third-order valence-electron chi connectivity index (χ3n) is 2.32. The molecule has 0 saturated carbocycles. The molecule has 0 aromatic carbocycles. The summed E-state index contributed by atoms with van der Waals surface area (Å²) in [5, 5.41) is 9.96. The Hall–Kier alpha value is -1.20. The SMILES string of the molecule is Cc1csc(CNC(=O)CCc2ccsc2)n1. The summed E-state index contributed by atoms with van der Waals surface area (Å²) in [5.41, 5.74) is 2.24. The zero-order valence-electron chi connectivity index (χ0n) is 9.60. The first-order valence-electron chi connectivity index (χ1n) is 5.43. The molecule has 90 valence electrons. The van der Waals surface area contributed by atoms with Crippen LogP contribution in [-0.2, 0) is 17.8 Å². The number of aromatic nitrogens is 1. The fraction of sp³-hybridized carbons (Fsp3) is 0.333. The minimum absolute atomic E-state index is 0.0871. The number of hydrogen-bond donors (Lipinski definition) is 1. The molecule has 0 atom stereocenters. The normalized spacial score (nSPS) is 10.4. The van der Waals surface area contributed by atoms with Gasteiger partial charge in [-0.15, -0.1) is 11.3 Å². The average Bonchev–Trinajstić information content (AvgIpc) is 2.95. The van der Waals surface area contributed by atoms with Gasteiger partial charge < -0.3 is 5.32 Å². The van der Waals surface area contributed by atoms with Gasteiger partial charge in [-0.05, 0) is 35.7 Å². The van der Waals surface area contributed by atoms with E-state index in [1.165, 1.54) is 5.56 Å². The van der Waals surface area contributed by atoms with E-state index >= 15 is 0 Å². The molecule has 2 aromatic heterocycles. The maximum Gasteiger partial charge on any atom is 0.220 e. The maximum atomic E-state index is 11.6. The van der Waals surface area contributed by atoms with Crippen molar-refractivity contribution in [1.29, 1.82) is 0 Å². The van der Waals surface area contributed by atoms with Gasteiger partial charge in [0.25, 0.3) is 0 Å². The summed E-state index contributed by atoms with van der Waals surface area (Å²) in [6.07, 6.45) is 1.35. The molecule has 0 aliphatic rings. The minimum Gasteiger partial charge on any atom is -0.350 e. The van der Waals surface area contributed by atoms with Gasteiger partial charge in [-0.1, -0.05) is 0 Å². The molecule has 0 radical (unpaired) electrons. The molecular formula is C12H14N2OS2. The Bertz CT molecular complexity index is 476. The number of hydrogen-bond acceptors (Lipinski definition) is 4. The Labute approximate surface area is 109 Å². The van der Waals surface area contributed by atoms with Gasteiger partial charge in [0.15, 0.2) is 0 Å². The maximum absolute atomic E-state index is 11.6. The molecule has 0 aliphatic heterocycles. The second-order valence-corrected chi connectivity index (χ2v) is 5.51. The third kappa shape index (κ3) is 3.94. The van der Waals surface area contributed by atoms with Crippen LogP contribution in [0.5, 0.6) is 0 Å². The summed E-state index contributed by atoms with van der Waals surface area (Å²) < 4.78 is 0. The van der Waals surface area contributed by atoms with Crippen molar-refractivity contribution in [3.8, 4) is 0 Å². The lowest BCUT2D eigenvalue weighted by molar-refractivity contribution is -0.121. The smallest absolute Gasteiger partial charge is 0.220 e. The van der Waals surface area contributed by atoms with Crippen molar-refractivity contribution in [3.63, 3.8) is 0 Å². The van der Waals surface area contributed by atoms with Gasteiger partial charge in [0.05, 0.1) is 6.54 Å². The van der Waals surface area contributed by atoms with Crippen LogP contribution in [0.1, 0.15) is 22.7 Å². The Morgan fingerprint density at radius 1 is 1.47 bits per heavy atom. The number of thiazole rings is 1. The summed E-state index contributed by atoms with van der Waals surface area (Å²) in [6.45, 7) is 2.50. The summed E-state index contributed by atoms with van der Waals surface area (Å²) >= 11 is 3.25. The second kappa shape index (κ2) is 5.93. The van der Waals surface area contributed by atoms with E-state index in [1.54, 1.807) is 22.7 Å². The van der Waals surface area contributed by atoms with Crippen LogP contribution >= 0.6 is 22.7 Å². The van der Waals surface area contributed by atoms with Crippen molar-refractivity contribution in [3.05, 3.63) is 38.5 Å². The number of amides is 1. The fourth-order valence-corrected chi connectivity index (χ4v) is 2.85. The highest BCUT2D eigenvalue weighted by Crippen LogP contribution is 2.09. The predicted octanol–water partition coefficient (Wildman–Crippen LogP) is 2.76. The molecule has 0 aliphatic carbocycles. The molecule has 0 bridgehead atoms. The molecule has 1 N–H and O–H groups in total. The number of aryl methyl sites for hydroxylation is 2. The highest BCUT2D eigenvalue weighted by molar-refractivity contribution is 7.09. The number of nitrogens with zero attached hydrogens (tertiary/aromatic N) is 1. The van der Waals surface area contributed by atoms with Crippen molar-refractivity contribution in [2.75, 3.05) is 0 Å². The molecule has 0 saturated heterocycles. The summed E-state index contributed by atoms with van der Waals surface area (Å²) in [4.78, 5) is 15.9. The van der Waals surface area contributed by atoms with Crippen molar-refractivity contribution in [1.82, 2.24) is 10.3 Å². The lowest BCUT2D eigenvalue weighted by Gasteiger charge is -2.02. The molecule has 2 aromatic rings. The molecule has 17 heavy (non-hydrogen) atoms. The first-order chi connectivity index (χ1) is 8.24. The van der Waals surface area contributed by atoms with E-state index < -0.39 is 0 Å². The topological polar surface area (TPSA) is 42.0 Å². The van der Waals surface area contributed by atoms with Crippen LogP contribution in [-0.4, -0.2) is 10.9 Å². The minimum atomic E-state index is 0.0871. The zero-order valence-corrected chi connectivity index (χ0v) is 11.2. The van der Waals surface area contributed by atoms with Gasteiger partial charge in [-0.25, -0.2) is 4.98 Å². The Morgan fingerprint density at radius 3 is 3.00 bits per heavy atom. The van der Waals surface area contributed by atoms with E-state index in [1.807, 2.05) is 17.7 Å². The Balaban J connectivity index is 1.71. The van der Waals surface area contributed by atoms with E-state index in [0.29, 0.717) is 13.0 Å². The van der Waals surface area contributed by atoms with E-state index in [0.717, 1.165) is 17.1 Å². The number of nitrogens with one attached hydrogen (secondary N) is 1. The number of rotatable bonds is 5. The van der Waals surface area contributed by atoms with Gasteiger partial charge in [-0.3, -0.25) is 4.79 Å². The first kappa shape index (κ1) is 12.3. The predicted molar refractivity (Wildman–Crippen MR) is 71.3 cm³/mol. The third-order valence-corrected chi connectivity index (χ3v) is 4.02. The van der Waals surface area contributed by atoms with Gasteiger partial charge >= 0.3 is 0 Å². The van der Waals surface area contributed by atoms with E-state index in [4.69, 9.17) is 0 Å². The van der Waals surface area contributed by atoms with Crippen LogP contribution in [0.25, 0.3) is 0 Å². The molecule has 2 heterocycles. The Kier molecular flexibility index (Phi) is 4.28. The van der Waals surface area contributed by atoms with Gasteiger partial charge in [0.2, 0.25) is 5.91 Å². The lowest BCUT2D eigenvalue weighted by atomic mass is 10.2. The highest BCUT2D eigenvalue weighted by atomic mass is 32.1. The molecule has 5 heteroatoms. The molecule has 3 nitrogen and oxygen atoms in total. The fourth-order valence-electron chi connectivity index (χ4n) is 1.44. The van der Waals surface area contributed by atoms with E-state index in [2.05, 4.69) is 21.7 Å². The number of thiophene rings is 1. The van der Waals surface area contributed by atoms with E-state index in [9.17, 15) is 4.79 Å². The molecule has 2 rings (SSSR count). The van der Waals surface area contributed by atoms with Crippen LogP contribution in [0.4, 0.5) is 0 Å². The highest BCUT2D eigenvalue weighted by Gasteiger charge is 2.04. The number of carbonyl (C=O) groups is 1. The van der Waals surface area contributed by atoms with Crippen LogP contribution in [0.3, 0.4) is 0 Å². The first-order valence-corrected chi connectivity index (χ1v) is 7.25. The van der Waals surface area contributed by atoms with Crippen LogP contribution < -0.4 is 5.32 Å². The second-order valence-electron chi connectivity index (χ2n) is 3.79. The summed E-state index contributed by atoms with van der Waals surface area (Å²) in [5.74, 6) is 0.0871. The average molecular weight is 266 g/mol. The molecule has 1 amide bonds. The largest absolute Gasteiger partial charge is 0.350 e. The lowest BCUT2D eigenvalue weighted by Crippen LogP contribution is -2.22. The van der Waals surface area contributed by atoms with Crippen molar-refractivity contribution in [2.24, 2.45) is 0 Å². The van der Waals surface area contributed by atoms with Crippen molar-refractivity contribution >= 4 is 28.6 Å². The monoisotopic (exact) mass is 266 g/mol. The van der Waals surface area contributed by atoms with E-state index in [-0.39, 0.29) is 5.91 Å². The van der Waals surface area contributed by atoms with Crippen molar-refractivity contribution in [2.45, 2.75) is 26.3 Å². The Morgan fingerprint density at radius 2 is 2.35 bits per heavy atom. The van der Waals surface area contributed by atoms with Crippen molar-refractivity contribution < 1.29 is 4.79 Å². The van der Waals surface area contributed by atoms with Crippen LogP contribution in [0, 0.1) is 6.92 Å². The summed E-state index contributed by atoms with van der Waals surface area (Å²) in [7, 11) is 0. The van der Waals surface area contributed by atoms with Crippen LogP contribution in [0.15, 0.2) is 22.2 Å². The van der Waals surface area contributed by atoms with Gasteiger partial charge in [-0.2, -0.15) is 11.3 Å². The number of carbonyl (C=O) groups excluding carboxylic acids is 1. The van der Waals surface area contributed by atoms with Crippen LogP contribution in [0.2, 0.25) is 0 Å². The quantitative estimate of drug-likeness (QED) is 0.904.